The standard InChI is InChI=1S/C67H102O6/c1-4-7-10-13-16-18-20-22-24-26-28-29-30-31-32-33-34-35-36-37-39-40-42-44-46-48-51-54-57-60-66(69)72-63-64(62-71-65(68)59-56-53-50-15-12-9-6-3)73-67(70)61-58-55-52-49-47-45-43-41-38-27-25-23-21-19-17-14-11-8-5-2/h7-8,10-11,16-19,22-25,28-29,31-32,34-35,37-39,41-42,44-45,47,52,55,64H,4-6,9,12-15,20-21,26-27,30,33,36,40,43,46,48-51,53-54,56-63H2,1-3H3/b10-7-,11-8-,18-16-,19-17-,24-22-,25-23-,29-28-,32-31-,35-34-,39-37-,41-38-,44-42-,47-45-,55-52-. The lowest BCUT2D eigenvalue weighted by molar-refractivity contribution is -0.166. The predicted molar refractivity (Wildman–Crippen MR) is 315 cm³/mol. The summed E-state index contributed by atoms with van der Waals surface area (Å²) in [5, 5.41) is 0. The zero-order chi connectivity index (χ0) is 52.9. The average molecular weight is 1000 g/mol. The molecule has 0 aromatic heterocycles. The predicted octanol–water partition coefficient (Wildman–Crippen LogP) is 19.5. The van der Waals surface area contributed by atoms with Crippen LogP contribution in [-0.2, 0) is 28.6 Å². The number of unbranched alkanes of at least 4 members (excludes halogenated alkanes) is 10. The van der Waals surface area contributed by atoms with E-state index in [0.29, 0.717) is 19.3 Å². The molecule has 0 aromatic rings. The number of allylic oxidation sites excluding steroid dienone is 28. The number of carbonyl (C=O) groups excluding carboxylic acids is 3. The Bertz CT molecular complexity index is 1720. The van der Waals surface area contributed by atoms with Crippen LogP contribution in [0, 0.1) is 0 Å². The molecule has 0 fully saturated rings. The molecule has 0 amide bonds. The molecule has 6 nitrogen and oxygen atoms in total. The molecular formula is C67H102O6. The van der Waals surface area contributed by atoms with Gasteiger partial charge in [0.05, 0.1) is 0 Å². The van der Waals surface area contributed by atoms with Crippen molar-refractivity contribution in [2.24, 2.45) is 0 Å². The highest BCUT2D eigenvalue weighted by Gasteiger charge is 2.19. The van der Waals surface area contributed by atoms with E-state index in [2.05, 4.69) is 179 Å². The van der Waals surface area contributed by atoms with Gasteiger partial charge in [-0.2, -0.15) is 0 Å². The molecule has 0 spiro atoms. The minimum Gasteiger partial charge on any atom is -0.462 e. The van der Waals surface area contributed by atoms with Crippen LogP contribution in [0.5, 0.6) is 0 Å². The lowest BCUT2D eigenvalue weighted by atomic mass is 10.1. The molecule has 406 valence electrons. The van der Waals surface area contributed by atoms with Crippen molar-refractivity contribution in [1.82, 2.24) is 0 Å². The van der Waals surface area contributed by atoms with E-state index in [-0.39, 0.29) is 31.6 Å². The number of ether oxygens (including phenoxy) is 3. The van der Waals surface area contributed by atoms with E-state index in [1.54, 1.807) is 0 Å². The quantitative estimate of drug-likeness (QED) is 0.0261. The van der Waals surface area contributed by atoms with Crippen molar-refractivity contribution >= 4 is 17.9 Å². The van der Waals surface area contributed by atoms with E-state index >= 15 is 0 Å². The Morgan fingerprint density at radius 3 is 0.890 bits per heavy atom. The first kappa shape index (κ1) is 67.8. The van der Waals surface area contributed by atoms with Gasteiger partial charge >= 0.3 is 17.9 Å². The van der Waals surface area contributed by atoms with Crippen molar-refractivity contribution in [3.63, 3.8) is 0 Å². The van der Waals surface area contributed by atoms with Crippen molar-refractivity contribution in [2.45, 2.75) is 219 Å². The average Bonchev–Trinajstić information content (AvgIpc) is 3.39. The van der Waals surface area contributed by atoms with Crippen molar-refractivity contribution in [3.8, 4) is 0 Å². The fourth-order valence-corrected chi connectivity index (χ4v) is 7.01. The minimum atomic E-state index is -0.835. The van der Waals surface area contributed by atoms with Gasteiger partial charge in [-0.25, -0.2) is 0 Å². The summed E-state index contributed by atoms with van der Waals surface area (Å²) < 4.78 is 16.7. The molecule has 0 aliphatic rings. The molecule has 0 aliphatic heterocycles. The van der Waals surface area contributed by atoms with E-state index in [1.807, 2.05) is 12.2 Å². The second-order valence-electron chi connectivity index (χ2n) is 18.1. The second-order valence-corrected chi connectivity index (χ2v) is 18.1. The summed E-state index contributed by atoms with van der Waals surface area (Å²) in [5.41, 5.74) is 0. The van der Waals surface area contributed by atoms with Crippen LogP contribution in [0.4, 0.5) is 0 Å². The Hall–Kier alpha value is -5.23. The van der Waals surface area contributed by atoms with Crippen molar-refractivity contribution in [3.05, 3.63) is 170 Å². The summed E-state index contributed by atoms with van der Waals surface area (Å²) in [7, 11) is 0. The number of hydrogen-bond donors (Lipinski definition) is 0. The summed E-state index contributed by atoms with van der Waals surface area (Å²) in [4.78, 5) is 37.9. The lowest BCUT2D eigenvalue weighted by Gasteiger charge is -2.18. The molecule has 73 heavy (non-hydrogen) atoms. The maximum atomic E-state index is 12.8. The Morgan fingerprint density at radius 2 is 0.562 bits per heavy atom. The van der Waals surface area contributed by atoms with Gasteiger partial charge in [-0.1, -0.05) is 242 Å². The molecule has 1 atom stereocenters. The zero-order valence-corrected chi connectivity index (χ0v) is 46.3. The summed E-state index contributed by atoms with van der Waals surface area (Å²) in [6.45, 7) is 6.25. The zero-order valence-electron chi connectivity index (χ0n) is 46.3. The summed E-state index contributed by atoms with van der Waals surface area (Å²) in [5.74, 6) is -1.05. The van der Waals surface area contributed by atoms with Crippen LogP contribution in [0.25, 0.3) is 0 Å². The molecule has 1 unspecified atom stereocenters. The van der Waals surface area contributed by atoms with Crippen molar-refractivity contribution in [2.75, 3.05) is 13.2 Å². The third-order valence-electron chi connectivity index (χ3n) is 11.2. The maximum absolute atomic E-state index is 12.8. The van der Waals surface area contributed by atoms with Crippen LogP contribution in [-0.4, -0.2) is 37.2 Å². The highest BCUT2D eigenvalue weighted by atomic mass is 16.6. The smallest absolute Gasteiger partial charge is 0.306 e. The van der Waals surface area contributed by atoms with Crippen LogP contribution < -0.4 is 0 Å². The van der Waals surface area contributed by atoms with Gasteiger partial charge in [0.25, 0.3) is 0 Å². The van der Waals surface area contributed by atoms with Gasteiger partial charge in [0.15, 0.2) is 6.10 Å². The van der Waals surface area contributed by atoms with E-state index < -0.39 is 12.1 Å². The van der Waals surface area contributed by atoms with E-state index in [0.717, 1.165) is 141 Å². The summed E-state index contributed by atoms with van der Waals surface area (Å²) in [6.07, 6.45) is 88.1. The van der Waals surface area contributed by atoms with Crippen LogP contribution in [0.2, 0.25) is 0 Å². The fourth-order valence-electron chi connectivity index (χ4n) is 7.01. The maximum Gasteiger partial charge on any atom is 0.306 e. The first-order valence-electron chi connectivity index (χ1n) is 28.6. The number of esters is 3. The molecule has 0 aliphatic carbocycles. The third-order valence-corrected chi connectivity index (χ3v) is 11.2. The summed E-state index contributed by atoms with van der Waals surface area (Å²) >= 11 is 0. The fraction of sp³-hybridized carbons (Fsp3) is 0.537. The SMILES string of the molecule is CC/C=C\C/C=C\C/C=C\C/C=C\C/C=C\C/C=C\C/C=C\C/C=C\CCCCCCC(=O)OCC(COC(=O)CCCCCCCCC)OC(=O)CC/C=C\C/C=C\C/C=C\C/C=C\C/C=C\C/C=C\CC. The lowest BCUT2D eigenvalue weighted by Crippen LogP contribution is -2.30. The molecule has 0 heterocycles. The van der Waals surface area contributed by atoms with Crippen molar-refractivity contribution in [1.29, 1.82) is 0 Å². The van der Waals surface area contributed by atoms with Crippen LogP contribution in [0.15, 0.2) is 170 Å². The molecule has 0 saturated heterocycles. The number of rotatable bonds is 49. The van der Waals surface area contributed by atoms with Gasteiger partial charge in [0, 0.05) is 19.3 Å². The first-order chi connectivity index (χ1) is 36.0. The largest absolute Gasteiger partial charge is 0.462 e. The van der Waals surface area contributed by atoms with E-state index in [9.17, 15) is 14.4 Å². The van der Waals surface area contributed by atoms with E-state index in [1.165, 1.54) is 25.7 Å². The van der Waals surface area contributed by atoms with Crippen molar-refractivity contribution < 1.29 is 28.6 Å². The van der Waals surface area contributed by atoms with Gasteiger partial charge in [-0.05, 0) is 122 Å². The normalized spacial score (nSPS) is 13.4. The Balaban J connectivity index is 4.38. The molecule has 6 heteroatoms. The number of hydrogen-bond acceptors (Lipinski definition) is 6. The Labute approximate surface area is 447 Å². The molecule has 0 N–H and O–H groups in total. The molecule has 0 bridgehead atoms. The van der Waals surface area contributed by atoms with Gasteiger partial charge in [0.2, 0.25) is 0 Å². The van der Waals surface area contributed by atoms with E-state index in [4.69, 9.17) is 14.2 Å². The monoisotopic (exact) mass is 1000 g/mol. The Morgan fingerprint density at radius 1 is 0.288 bits per heavy atom. The molecule has 0 saturated carbocycles. The van der Waals surface area contributed by atoms with Gasteiger partial charge in [-0.15, -0.1) is 0 Å². The Kier molecular flexibility index (Phi) is 55.1. The van der Waals surface area contributed by atoms with Crippen LogP contribution in [0.1, 0.15) is 213 Å². The van der Waals surface area contributed by atoms with Gasteiger partial charge in [0.1, 0.15) is 13.2 Å². The second kappa shape index (κ2) is 59.3. The third kappa shape index (κ3) is 57.5. The number of carbonyl (C=O) groups is 3. The van der Waals surface area contributed by atoms with Crippen LogP contribution >= 0.6 is 0 Å². The molecule has 0 aromatic carbocycles. The minimum absolute atomic E-state index is 0.124. The van der Waals surface area contributed by atoms with Gasteiger partial charge in [-0.3, -0.25) is 14.4 Å². The van der Waals surface area contributed by atoms with Gasteiger partial charge < -0.3 is 14.2 Å². The highest BCUT2D eigenvalue weighted by Crippen LogP contribution is 2.12. The highest BCUT2D eigenvalue weighted by molar-refractivity contribution is 5.71. The molecular weight excluding hydrogens is 901 g/mol. The topological polar surface area (TPSA) is 78.9 Å². The summed E-state index contributed by atoms with van der Waals surface area (Å²) in [6, 6.07) is 0. The first-order valence-corrected chi connectivity index (χ1v) is 28.6. The van der Waals surface area contributed by atoms with Crippen LogP contribution in [0.3, 0.4) is 0 Å². The molecule has 0 radical (unpaired) electrons. The molecule has 0 rings (SSSR count).